The van der Waals surface area contributed by atoms with Crippen molar-refractivity contribution in [1.82, 2.24) is 31.9 Å². The smallest absolute Gasteiger partial charge is 0.243 e. The molecule has 64 heavy (non-hydrogen) atoms. The molecule has 0 heterocycles. The van der Waals surface area contributed by atoms with E-state index in [1.54, 1.807) is 13.8 Å². The molecule has 0 spiro atoms. The Morgan fingerprint density at radius 2 is 1.23 bits per heavy atom. The Kier molecular flexibility index (Phi) is 23.8. The molecule has 0 aliphatic rings. The molecule has 19 nitrogen and oxygen atoms in total. The first-order valence-electron chi connectivity index (χ1n) is 22.4. The van der Waals surface area contributed by atoms with Crippen molar-refractivity contribution in [2.75, 3.05) is 19.6 Å². The summed E-state index contributed by atoms with van der Waals surface area (Å²) in [5.74, 6) is -5.30. The maximum absolute atomic E-state index is 13.9. The largest absolute Gasteiger partial charge is 0.370 e. The number of nitrogens with zero attached hydrogens (tertiary/aromatic N) is 1. The molecule has 0 aliphatic heterocycles. The van der Waals surface area contributed by atoms with Gasteiger partial charge in [0.2, 0.25) is 41.4 Å². The van der Waals surface area contributed by atoms with Gasteiger partial charge in [-0.25, -0.2) is 0 Å². The van der Waals surface area contributed by atoms with Crippen LogP contribution in [0.3, 0.4) is 0 Å². The second kappa shape index (κ2) is 28.1. The van der Waals surface area contributed by atoms with Gasteiger partial charge in [0.05, 0.1) is 12.6 Å². The van der Waals surface area contributed by atoms with Gasteiger partial charge in [0.1, 0.15) is 30.2 Å². The predicted molar refractivity (Wildman–Crippen MR) is 249 cm³/mol. The summed E-state index contributed by atoms with van der Waals surface area (Å²) in [7, 11) is 0. The van der Waals surface area contributed by atoms with Crippen LogP contribution >= 0.6 is 0 Å². The number of aliphatic imine (C=N–C) groups is 1. The minimum Gasteiger partial charge on any atom is -0.370 e. The number of primary amides is 1. The van der Waals surface area contributed by atoms with E-state index in [2.05, 4.69) is 36.9 Å². The molecule has 0 saturated carbocycles. The van der Waals surface area contributed by atoms with Gasteiger partial charge >= 0.3 is 0 Å². The van der Waals surface area contributed by atoms with Gasteiger partial charge in [0, 0.05) is 13.0 Å². The first kappa shape index (κ1) is 54.3. The number of hydrogen-bond donors (Lipinski definition) is 11. The Morgan fingerprint density at radius 1 is 0.641 bits per heavy atom. The maximum Gasteiger partial charge on any atom is 0.243 e. The average molecular weight is 895 g/mol. The molecule has 0 aliphatic carbocycles. The monoisotopic (exact) mass is 895 g/mol. The highest BCUT2D eigenvalue weighted by Gasteiger charge is 2.34. The molecule has 0 bridgehead atoms. The SMILES string of the molecule is CC[C@H](C)[C@H](NC(=O)[C@H](CCCCN)NC(=O)[C@@H](NC(=O)[C@@H](N)CCCN=C(N)N)[C@@H](C)CC)C(=O)NCC(=O)N[C@@H](CC(C)C)C(=O)N[C@@H](Cc1ccc2ccccc2c1)C(N)=O. The fraction of sp³-hybridized carbons (Fsp3) is 0.600. The molecule has 0 aromatic heterocycles. The van der Waals surface area contributed by atoms with Crippen LogP contribution in [0.5, 0.6) is 0 Å². The zero-order valence-corrected chi connectivity index (χ0v) is 38.4. The predicted octanol–water partition coefficient (Wildman–Crippen LogP) is 0.0560. The molecule has 19 heteroatoms. The molecule has 8 atom stereocenters. The third-order valence-corrected chi connectivity index (χ3v) is 11.2. The van der Waals surface area contributed by atoms with Crippen molar-refractivity contribution in [2.45, 2.75) is 136 Å². The molecule has 0 unspecified atom stereocenters. The van der Waals surface area contributed by atoms with Gasteiger partial charge in [0.25, 0.3) is 0 Å². The lowest BCUT2D eigenvalue weighted by molar-refractivity contribution is -0.135. The van der Waals surface area contributed by atoms with Gasteiger partial charge in [-0.05, 0) is 79.2 Å². The number of guanidine groups is 1. The summed E-state index contributed by atoms with van der Waals surface area (Å²) in [4.78, 5) is 97.8. The van der Waals surface area contributed by atoms with Crippen molar-refractivity contribution in [1.29, 1.82) is 0 Å². The molecule has 16 N–H and O–H groups in total. The number of nitrogens with one attached hydrogen (secondary N) is 6. The van der Waals surface area contributed by atoms with Crippen molar-refractivity contribution in [3.05, 3.63) is 48.0 Å². The zero-order chi connectivity index (χ0) is 47.9. The minimum atomic E-state index is -1.11. The van der Waals surface area contributed by atoms with Gasteiger partial charge < -0.3 is 60.6 Å². The third kappa shape index (κ3) is 18.9. The number of hydrogen-bond acceptors (Lipinski definition) is 10. The first-order valence-corrected chi connectivity index (χ1v) is 22.4. The number of carbonyl (C=O) groups is 7. The van der Waals surface area contributed by atoms with E-state index in [0.717, 1.165) is 16.3 Å². The lowest BCUT2D eigenvalue weighted by Crippen LogP contribution is -2.60. The van der Waals surface area contributed by atoms with E-state index in [1.807, 2.05) is 70.2 Å². The second-order valence-corrected chi connectivity index (χ2v) is 17.0. The number of benzene rings is 2. The Morgan fingerprint density at radius 3 is 1.83 bits per heavy atom. The van der Waals surface area contributed by atoms with Crippen molar-refractivity contribution < 1.29 is 33.6 Å². The normalized spacial score (nSPS) is 15.0. The second-order valence-electron chi connectivity index (χ2n) is 17.0. The van der Waals surface area contributed by atoms with Crippen molar-refractivity contribution in [3.8, 4) is 0 Å². The van der Waals surface area contributed by atoms with Gasteiger partial charge in [-0.3, -0.25) is 38.6 Å². The van der Waals surface area contributed by atoms with Gasteiger partial charge in [-0.2, -0.15) is 0 Å². The summed E-state index contributed by atoms with van der Waals surface area (Å²) in [6.07, 6.45) is 3.29. The summed E-state index contributed by atoms with van der Waals surface area (Å²) < 4.78 is 0. The van der Waals surface area contributed by atoms with E-state index in [-0.39, 0.29) is 50.0 Å². The molecule has 2 aromatic rings. The minimum absolute atomic E-state index is 0.0383. The van der Waals surface area contributed by atoms with E-state index >= 15 is 0 Å². The van der Waals surface area contributed by atoms with E-state index in [0.29, 0.717) is 38.6 Å². The molecule has 7 amide bonds. The number of nitrogens with two attached hydrogens (primary N) is 5. The van der Waals surface area contributed by atoms with Crippen LogP contribution in [0.15, 0.2) is 47.5 Å². The number of carbonyl (C=O) groups excluding carboxylic acids is 7. The van der Waals surface area contributed by atoms with Crippen LogP contribution in [-0.4, -0.2) is 103 Å². The first-order chi connectivity index (χ1) is 30.3. The highest BCUT2D eigenvalue weighted by molar-refractivity contribution is 5.96. The van der Waals surface area contributed by atoms with Crippen molar-refractivity contribution in [2.24, 2.45) is 51.4 Å². The molecule has 0 saturated heterocycles. The summed E-state index contributed by atoms with van der Waals surface area (Å²) in [6, 6.07) is 7.17. The fourth-order valence-corrected chi connectivity index (χ4v) is 6.91. The topological polar surface area (TPSA) is 334 Å². The average Bonchev–Trinajstić information content (AvgIpc) is 3.25. The van der Waals surface area contributed by atoms with Crippen LogP contribution in [0, 0.1) is 17.8 Å². The maximum atomic E-state index is 13.9. The van der Waals surface area contributed by atoms with Crippen molar-refractivity contribution in [3.63, 3.8) is 0 Å². The summed E-state index contributed by atoms with van der Waals surface area (Å²) >= 11 is 0. The molecular weight excluding hydrogens is 821 g/mol. The van der Waals surface area contributed by atoms with E-state index in [4.69, 9.17) is 28.7 Å². The Labute approximate surface area is 377 Å². The third-order valence-electron chi connectivity index (χ3n) is 11.2. The number of fused-ring (bicyclic) bond motifs is 1. The quantitative estimate of drug-likeness (QED) is 0.0295. The van der Waals surface area contributed by atoms with E-state index in [9.17, 15) is 33.6 Å². The highest BCUT2D eigenvalue weighted by Crippen LogP contribution is 2.18. The lowest BCUT2D eigenvalue weighted by atomic mass is 9.96. The molecular formula is C45H74N12O7. The zero-order valence-electron chi connectivity index (χ0n) is 38.4. The number of rotatable bonds is 29. The van der Waals surface area contributed by atoms with Crippen molar-refractivity contribution >= 4 is 58.1 Å². The van der Waals surface area contributed by atoms with Gasteiger partial charge in [-0.1, -0.05) is 96.8 Å². The van der Waals surface area contributed by atoms with E-state index in [1.165, 1.54) is 0 Å². The van der Waals surface area contributed by atoms with Crippen LogP contribution in [0.1, 0.15) is 98.5 Å². The molecule has 2 rings (SSSR count). The molecule has 2 aromatic carbocycles. The Balaban J connectivity index is 2.16. The van der Waals surface area contributed by atoms with Crippen LogP contribution in [0.2, 0.25) is 0 Å². The summed E-state index contributed by atoms with van der Waals surface area (Å²) in [6.45, 7) is 11.1. The lowest BCUT2D eigenvalue weighted by Gasteiger charge is -2.29. The summed E-state index contributed by atoms with van der Waals surface area (Å²) in [5, 5.41) is 18.2. The highest BCUT2D eigenvalue weighted by atomic mass is 16.2. The standard InChI is InChI=1S/C45H74N12O7/c1-7-27(5)37(57-41(61)33(17-11-12-20-46)54-44(64)38(28(6)8-2)56-40(60)32(47)16-13-21-51-45(49)50)43(63)52-25-36(58)53-35(22-26(3)4)42(62)55-34(39(48)59)24-29-18-19-30-14-9-10-15-31(30)23-29/h9-10,14-15,18-19,23,26-28,32-35,37-38H,7-8,11-13,16-17,20-22,24-25,46-47H2,1-6H3,(H2,48,59)(H,52,63)(H,53,58)(H,54,64)(H,55,62)(H,56,60)(H,57,61)(H4,49,50,51)/t27-,28-,32-,33-,34-,35-,37-,38-/m0/s1. The van der Waals surface area contributed by atoms with Crippen LogP contribution in [0.25, 0.3) is 10.8 Å². The Bertz CT molecular complexity index is 1890. The van der Waals surface area contributed by atoms with Crippen LogP contribution in [-0.2, 0) is 40.0 Å². The molecule has 356 valence electrons. The fourth-order valence-electron chi connectivity index (χ4n) is 6.91. The summed E-state index contributed by atoms with van der Waals surface area (Å²) in [5.41, 5.74) is 29.1. The number of unbranched alkanes of at least 4 members (excludes halogenated alkanes) is 1. The van der Waals surface area contributed by atoms with Gasteiger partial charge in [-0.15, -0.1) is 0 Å². The van der Waals surface area contributed by atoms with Crippen LogP contribution in [0.4, 0.5) is 0 Å². The number of amides is 7. The Hall–Kier alpha value is -5.82. The van der Waals surface area contributed by atoms with E-state index < -0.39 is 90.1 Å². The van der Waals surface area contributed by atoms with Gasteiger partial charge in [0.15, 0.2) is 5.96 Å². The van der Waals surface area contributed by atoms with Crippen LogP contribution < -0.4 is 60.6 Å². The molecule has 0 radical (unpaired) electrons. The molecule has 0 fully saturated rings.